The lowest BCUT2D eigenvalue weighted by atomic mass is 10.00. The minimum absolute atomic E-state index is 0.226. The number of ether oxygens (including phenoxy) is 3. The maximum Gasteiger partial charge on any atom is 0.320 e. The van der Waals surface area contributed by atoms with Gasteiger partial charge in [-0.05, 0) is 24.6 Å². The molecule has 0 N–H and O–H groups in total. The minimum atomic E-state index is -0.964. The summed E-state index contributed by atoms with van der Waals surface area (Å²) in [5, 5.41) is 0. The van der Waals surface area contributed by atoms with Gasteiger partial charge in [-0.15, -0.1) is 0 Å². The highest BCUT2D eigenvalue weighted by Crippen LogP contribution is 2.27. The molecule has 1 aromatic carbocycles. The second-order valence-electron chi connectivity index (χ2n) is 3.51. The van der Waals surface area contributed by atoms with Crippen LogP contribution in [-0.2, 0) is 14.3 Å². The Morgan fingerprint density at radius 1 is 1.22 bits per heavy atom. The van der Waals surface area contributed by atoms with E-state index in [1.807, 2.05) is 0 Å². The monoisotopic (exact) mass is 252 g/mol. The number of methoxy groups -OCH3 is 2. The van der Waals surface area contributed by atoms with Crippen LogP contribution in [0.25, 0.3) is 0 Å². The quantitative estimate of drug-likeness (QED) is 0.436. The van der Waals surface area contributed by atoms with Gasteiger partial charge in [0.2, 0.25) is 0 Å². The molecule has 0 amide bonds. The summed E-state index contributed by atoms with van der Waals surface area (Å²) in [5.41, 5.74) is 0.486. The average molecular weight is 252 g/mol. The fraction of sp³-hybridized carbons (Fsp3) is 0.385. The van der Waals surface area contributed by atoms with Crippen molar-refractivity contribution in [1.82, 2.24) is 0 Å². The van der Waals surface area contributed by atoms with E-state index in [1.165, 1.54) is 14.2 Å². The summed E-state index contributed by atoms with van der Waals surface area (Å²) in [6.45, 7) is 1.91. The molecule has 0 aliphatic rings. The van der Waals surface area contributed by atoms with Gasteiger partial charge in [0.1, 0.15) is 23.7 Å². The molecule has 0 saturated carbocycles. The van der Waals surface area contributed by atoms with Crippen LogP contribution in [0.3, 0.4) is 0 Å². The molecule has 1 atom stereocenters. The normalized spacial score (nSPS) is 11.5. The zero-order valence-corrected chi connectivity index (χ0v) is 10.6. The van der Waals surface area contributed by atoms with Crippen molar-refractivity contribution in [3.8, 4) is 11.5 Å². The zero-order valence-electron chi connectivity index (χ0n) is 10.6. The molecule has 0 bridgehead atoms. The summed E-state index contributed by atoms with van der Waals surface area (Å²) in [5.74, 6) is -0.516. The molecule has 0 radical (unpaired) electrons. The van der Waals surface area contributed by atoms with Crippen molar-refractivity contribution in [3.05, 3.63) is 23.8 Å². The largest absolute Gasteiger partial charge is 0.497 e. The number of esters is 1. The van der Waals surface area contributed by atoms with E-state index in [9.17, 15) is 9.59 Å². The van der Waals surface area contributed by atoms with Crippen LogP contribution in [0.15, 0.2) is 18.2 Å². The molecular formula is C13H16O5. The highest BCUT2D eigenvalue weighted by molar-refractivity contribution is 5.94. The van der Waals surface area contributed by atoms with Crippen molar-refractivity contribution in [2.45, 2.75) is 12.8 Å². The van der Waals surface area contributed by atoms with Gasteiger partial charge in [0, 0.05) is 6.07 Å². The predicted molar refractivity (Wildman–Crippen MR) is 65.0 cm³/mol. The van der Waals surface area contributed by atoms with Gasteiger partial charge in [-0.2, -0.15) is 0 Å². The molecule has 1 rings (SSSR count). The van der Waals surface area contributed by atoms with Gasteiger partial charge in [-0.25, -0.2) is 0 Å². The third-order valence-corrected chi connectivity index (χ3v) is 2.41. The predicted octanol–water partition coefficient (Wildman–Crippen LogP) is 1.55. The van der Waals surface area contributed by atoms with E-state index in [-0.39, 0.29) is 6.61 Å². The molecule has 0 saturated heterocycles. The SMILES string of the molecule is CCOC(=O)C(C=O)c1cc(OC)cc(OC)c1. The first-order chi connectivity index (χ1) is 8.65. The Kier molecular flexibility index (Phi) is 5.17. The number of carbonyl (C=O) groups excluding carboxylic acids is 2. The summed E-state index contributed by atoms with van der Waals surface area (Å²) in [6, 6.07) is 4.88. The van der Waals surface area contributed by atoms with Gasteiger partial charge in [0.25, 0.3) is 0 Å². The molecule has 0 fully saturated rings. The first-order valence-corrected chi connectivity index (χ1v) is 5.51. The second-order valence-corrected chi connectivity index (χ2v) is 3.51. The smallest absolute Gasteiger partial charge is 0.320 e. The minimum Gasteiger partial charge on any atom is -0.497 e. The molecule has 0 spiro atoms. The lowest BCUT2D eigenvalue weighted by Crippen LogP contribution is -2.17. The summed E-state index contributed by atoms with van der Waals surface area (Å²) in [4.78, 5) is 22.7. The highest BCUT2D eigenvalue weighted by atomic mass is 16.5. The van der Waals surface area contributed by atoms with Gasteiger partial charge in [0.15, 0.2) is 0 Å². The summed E-state index contributed by atoms with van der Waals surface area (Å²) in [6.07, 6.45) is 0.548. The molecule has 5 nitrogen and oxygen atoms in total. The zero-order chi connectivity index (χ0) is 13.5. The molecule has 98 valence electrons. The Morgan fingerprint density at radius 2 is 1.78 bits per heavy atom. The van der Waals surface area contributed by atoms with Crippen molar-refractivity contribution in [2.75, 3.05) is 20.8 Å². The molecule has 0 heterocycles. The molecule has 0 aliphatic heterocycles. The van der Waals surface area contributed by atoms with E-state index < -0.39 is 11.9 Å². The van der Waals surface area contributed by atoms with Crippen molar-refractivity contribution in [2.24, 2.45) is 0 Å². The maximum absolute atomic E-state index is 11.6. The Labute approximate surface area is 106 Å². The molecule has 5 heteroatoms. The number of carbonyl (C=O) groups is 2. The molecule has 1 aromatic rings. The van der Waals surface area contributed by atoms with E-state index >= 15 is 0 Å². The molecular weight excluding hydrogens is 236 g/mol. The molecule has 0 aliphatic carbocycles. The van der Waals surface area contributed by atoms with E-state index in [4.69, 9.17) is 14.2 Å². The maximum atomic E-state index is 11.6. The van der Waals surface area contributed by atoms with Gasteiger partial charge in [0.05, 0.1) is 20.8 Å². The van der Waals surface area contributed by atoms with Gasteiger partial charge >= 0.3 is 5.97 Å². The van der Waals surface area contributed by atoms with Crippen LogP contribution < -0.4 is 9.47 Å². The van der Waals surface area contributed by atoms with E-state index in [0.717, 1.165) is 0 Å². The number of benzene rings is 1. The van der Waals surface area contributed by atoms with Gasteiger partial charge in [-0.1, -0.05) is 0 Å². The summed E-state index contributed by atoms with van der Waals surface area (Å²) >= 11 is 0. The fourth-order valence-electron chi connectivity index (χ4n) is 1.51. The van der Waals surface area contributed by atoms with Crippen LogP contribution in [0.4, 0.5) is 0 Å². The van der Waals surface area contributed by atoms with Crippen molar-refractivity contribution >= 4 is 12.3 Å². The third kappa shape index (κ3) is 3.23. The van der Waals surface area contributed by atoms with Crippen LogP contribution in [0.5, 0.6) is 11.5 Å². The number of aldehydes is 1. The highest BCUT2D eigenvalue weighted by Gasteiger charge is 2.22. The van der Waals surface area contributed by atoms with Gasteiger partial charge in [-0.3, -0.25) is 4.79 Å². The third-order valence-electron chi connectivity index (χ3n) is 2.41. The second kappa shape index (κ2) is 6.64. The number of hydrogen-bond acceptors (Lipinski definition) is 5. The van der Waals surface area contributed by atoms with Crippen LogP contribution >= 0.6 is 0 Å². The Hall–Kier alpha value is -2.04. The van der Waals surface area contributed by atoms with Crippen molar-refractivity contribution in [3.63, 3.8) is 0 Å². The first kappa shape index (κ1) is 14.0. The summed E-state index contributed by atoms with van der Waals surface area (Å²) < 4.78 is 15.0. The Morgan fingerprint density at radius 3 is 2.17 bits per heavy atom. The lowest BCUT2D eigenvalue weighted by molar-refractivity contribution is -0.146. The van der Waals surface area contributed by atoms with Crippen molar-refractivity contribution < 1.29 is 23.8 Å². The molecule has 18 heavy (non-hydrogen) atoms. The van der Waals surface area contributed by atoms with Crippen LogP contribution in [0.2, 0.25) is 0 Å². The molecule has 0 aromatic heterocycles. The van der Waals surface area contributed by atoms with Crippen molar-refractivity contribution in [1.29, 1.82) is 0 Å². The summed E-state index contributed by atoms with van der Waals surface area (Å²) in [7, 11) is 3.00. The first-order valence-electron chi connectivity index (χ1n) is 5.51. The van der Waals surface area contributed by atoms with E-state index in [0.29, 0.717) is 23.3 Å². The fourth-order valence-corrected chi connectivity index (χ4v) is 1.51. The average Bonchev–Trinajstić information content (AvgIpc) is 2.39. The van der Waals surface area contributed by atoms with Gasteiger partial charge < -0.3 is 19.0 Å². The molecule has 1 unspecified atom stereocenters. The number of hydrogen-bond donors (Lipinski definition) is 0. The van der Waals surface area contributed by atoms with Crippen LogP contribution in [0.1, 0.15) is 18.4 Å². The standard InChI is InChI=1S/C13H16O5/c1-4-18-13(15)12(8-14)9-5-10(16-2)7-11(6-9)17-3/h5-8,12H,4H2,1-3H3. The van der Waals surface area contributed by atoms with Crippen LogP contribution in [-0.4, -0.2) is 33.1 Å². The van der Waals surface area contributed by atoms with E-state index in [2.05, 4.69) is 0 Å². The number of rotatable bonds is 6. The van der Waals surface area contributed by atoms with E-state index in [1.54, 1.807) is 25.1 Å². The lowest BCUT2D eigenvalue weighted by Gasteiger charge is -2.12. The topological polar surface area (TPSA) is 61.8 Å². The van der Waals surface area contributed by atoms with Crippen LogP contribution in [0, 0.1) is 0 Å². The Balaban J connectivity index is 3.11. The Bertz CT molecular complexity index is 405.